The number of alkyl halides is 1. The molecule has 0 fully saturated rings. The van der Waals surface area contributed by atoms with E-state index in [-0.39, 0.29) is 16.6 Å². The van der Waals surface area contributed by atoms with Crippen LogP contribution >= 0.6 is 15.9 Å². The van der Waals surface area contributed by atoms with Gasteiger partial charge in [0.2, 0.25) is 0 Å². The average molecular weight is 288 g/mol. The Labute approximate surface area is 104 Å². The van der Waals surface area contributed by atoms with Gasteiger partial charge in [0.1, 0.15) is 5.82 Å². The minimum atomic E-state index is -0.372. The first-order valence-corrected chi connectivity index (χ1v) is 5.98. The average Bonchev–Trinajstić information content (AvgIpc) is 2.13. The van der Waals surface area contributed by atoms with E-state index >= 15 is 0 Å². The molecule has 0 aromatic heterocycles. The summed E-state index contributed by atoms with van der Waals surface area (Å²) in [5.41, 5.74) is 1.15. The van der Waals surface area contributed by atoms with Gasteiger partial charge in [-0.3, -0.25) is 4.79 Å². The summed E-state index contributed by atoms with van der Waals surface area (Å²) in [4.78, 5) is 13.7. The topological polar surface area (TPSA) is 20.3 Å². The van der Waals surface area contributed by atoms with Gasteiger partial charge >= 0.3 is 0 Å². The highest BCUT2D eigenvalue weighted by molar-refractivity contribution is 9.09. The molecule has 1 atom stereocenters. The highest BCUT2D eigenvalue weighted by Gasteiger charge is 2.14. The van der Waals surface area contributed by atoms with Crippen LogP contribution in [0.1, 0.15) is 22.8 Å². The van der Waals surface area contributed by atoms with Crippen LogP contribution in [0, 0.1) is 12.7 Å². The van der Waals surface area contributed by atoms with E-state index in [4.69, 9.17) is 0 Å². The van der Waals surface area contributed by atoms with Gasteiger partial charge < -0.3 is 4.90 Å². The number of nitrogens with zero attached hydrogens (tertiary/aromatic N) is 1. The Balaban J connectivity index is 2.87. The highest BCUT2D eigenvalue weighted by atomic mass is 79.9. The van der Waals surface area contributed by atoms with E-state index < -0.39 is 0 Å². The maximum absolute atomic E-state index is 13.1. The van der Waals surface area contributed by atoms with E-state index in [1.54, 1.807) is 24.9 Å². The summed E-state index contributed by atoms with van der Waals surface area (Å²) in [6.07, 6.45) is 0. The summed E-state index contributed by atoms with van der Waals surface area (Å²) in [6.45, 7) is 4.32. The number of benzene rings is 1. The van der Waals surface area contributed by atoms with Gasteiger partial charge in [-0.1, -0.05) is 22.9 Å². The number of hydrogen-bond acceptors (Lipinski definition) is 1. The Hall–Kier alpha value is -0.900. The van der Waals surface area contributed by atoms with Gasteiger partial charge in [0.25, 0.3) is 5.91 Å². The fourth-order valence-electron chi connectivity index (χ4n) is 1.54. The van der Waals surface area contributed by atoms with Crippen LogP contribution in [0.5, 0.6) is 0 Å². The van der Waals surface area contributed by atoms with Crippen LogP contribution < -0.4 is 0 Å². The van der Waals surface area contributed by atoms with E-state index in [1.165, 1.54) is 12.1 Å². The second-order valence-electron chi connectivity index (χ2n) is 3.98. The van der Waals surface area contributed by atoms with Crippen molar-refractivity contribution < 1.29 is 9.18 Å². The van der Waals surface area contributed by atoms with Crippen molar-refractivity contribution in [2.45, 2.75) is 18.7 Å². The van der Waals surface area contributed by atoms with Crippen LogP contribution in [0.3, 0.4) is 0 Å². The normalized spacial score (nSPS) is 12.3. The zero-order valence-corrected chi connectivity index (χ0v) is 11.2. The molecule has 1 rings (SSSR count). The van der Waals surface area contributed by atoms with Crippen LogP contribution in [0.25, 0.3) is 0 Å². The molecule has 1 unspecified atom stereocenters. The van der Waals surface area contributed by atoms with Crippen molar-refractivity contribution >= 4 is 21.8 Å². The lowest BCUT2D eigenvalue weighted by Crippen LogP contribution is -2.31. The molecule has 0 saturated heterocycles. The van der Waals surface area contributed by atoms with E-state index in [1.807, 2.05) is 6.92 Å². The summed E-state index contributed by atoms with van der Waals surface area (Å²) in [6, 6.07) is 4.37. The van der Waals surface area contributed by atoms with Gasteiger partial charge in [0.15, 0.2) is 0 Å². The van der Waals surface area contributed by atoms with Gasteiger partial charge in [-0.2, -0.15) is 0 Å². The van der Waals surface area contributed by atoms with Crippen molar-refractivity contribution in [3.63, 3.8) is 0 Å². The molecule has 1 aromatic rings. The number of hydrogen-bond donors (Lipinski definition) is 0. The van der Waals surface area contributed by atoms with Crippen molar-refractivity contribution in [1.29, 1.82) is 0 Å². The SMILES string of the molecule is Cc1cc(F)cc(C(=O)N(C)CC(C)Br)c1. The Morgan fingerprint density at radius 1 is 1.50 bits per heavy atom. The number of aryl methyl sites for hydroxylation is 1. The van der Waals surface area contributed by atoms with E-state index in [0.717, 1.165) is 5.56 Å². The molecule has 4 heteroatoms. The molecule has 16 heavy (non-hydrogen) atoms. The molecule has 88 valence electrons. The summed E-state index contributed by atoms with van der Waals surface area (Å²) < 4.78 is 13.1. The lowest BCUT2D eigenvalue weighted by atomic mass is 10.1. The highest BCUT2D eigenvalue weighted by Crippen LogP contribution is 2.11. The third-order valence-electron chi connectivity index (χ3n) is 2.16. The molecular weight excluding hydrogens is 273 g/mol. The molecule has 0 radical (unpaired) electrons. The van der Waals surface area contributed by atoms with Gasteiger partial charge in [-0.25, -0.2) is 4.39 Å². The number of amides is 1. The maximum Gasteiger partial charge on any atom is 0.253 e. The van der Waals surface area contributed by atoms with Crippen LogP contribution in [0.2, 0.25) is 0 Å². The Morgan fingerprint density at radius 3 is 2.62 bits per heavy atom. The predicted molar refractivity (Wildman–Crippen MR) is 66.5 cm³/mol. The Bertz CT molecular complexity index is 372. The van der Waals surface area contributed by atoms with Crippen LogP contribution in [0.4, 0.5) is 4.39 Å². The minimum Gasteiger partial charge on any atom is -0.341 e. The van der Waals surface area contributed by atoms with E-state index in [2.05, 4.69) is 15.9 Å². The smallest absolute Gasteiger partial charge is 0.253 e. The number of carbonyl (C=O) groups is 1. The first-order chi connectivity index (χ1) is 7.40. The van der Waals surface area contributed by atoms with Crippen molar-refractivity contribution in [2.75, 3.05) is 13.6 Å². The standard InChI is InChI=1S/C12H15BrFNO/c1-8-4-10(6-11(14)5-8)12(16)15(3)7-9(2)13/h4-6,9H,7H2,1-3H3. The fraction of sp³-hybridized carbons (Fsp3) is 0.417. The molecule has 0 N–H and O–H groups in total. The molecule has 1 amide bonds. The van der Waals surface area contributed by atoms with E-state index in [9.17, 15) is 9.18 Å². The number of carbonyl (C=O) groups excluding carboxylic acids is 1. The summed E-state index contributed by atoms with van der Waals surface area (Å²) in [5.74, 6) is -0.530. The van der Waals surface area contributed by atoms with Gasteiger partial charge in [0.05, 0.1) is 0 Å². The molecule has 0 heterocycles. The zero-order valence-electron chi connectivity index (χ0n) is 9.63. The number of rotatable bonds is 3. The van der Waals surface area contributed by atoms with Crippen molar-refractivity contribution in [1.82, 2.24) is 4.90 Å². The molecule has 0 saturated carbocycles. The Morgan fingerprint density at radius 2 is 2.12 bits per heavy atom. The monoisotopic (exact) mass is 287 g/mol. The van der Waals surface area contributed by atoms with Crippen LogP contribution in [0.15, 0.2) is 18.2 Å². The predicted octanol–water partition coefficient (Wildman–Crippen LogP) is 2.99. The van der Waals surface area contributed by atoms with Gasteiger partial charge in [0, 0.05) is 24.0 Å². The lowest BCUT2D eigenvalue weighted by molar-refractivity contribution is 0.0797. The summed E-state index contributed by atoms with van der Waals surface area (Å²) in [7, 11) is 1.71. The molecule has 0 aliphatic rings. The molecule has 0 spiro atoms. The van der Waals surface area contributed by atoms with Crippen LogP contribution in [-0.4, -0.2) is 29.2 Å². The second-order valence-corrected chi connectivity index (χ2v) is 5.55. The largest absolute Gasteiger partial charge is 0.341 e. The molecule has 1 aromatic carbocycles. The van der Waals surface area contributed by atoms with Gasteiger partial charge in [-0.15, -0.1) is 0 Å². The fourth-order valence-corrected chi connectivity index (χ4v) is 1.97. The Kier molecular flexibility index (Phi) is 4.47. The summed E-state index contributed by atoms with van der Waals surface area (Å²) in [5, 5.41) is 0. The molecule has 0 aliphatic heterocycles. The van der Waals surface area contributed by atoms with Crippen molar-refractivity contribution in [2.24, 2.45) is 0 Å². The summed E-state index contributed by atoms with van der Waals surface area (Å²) >= 11 is 3.38. The molecular formula is C12H15BrFNO. The van der Waals surface area contributed by atoms with E-state index in [0.29, 0.717) is 12.1 Å². The minimum absolute atomic E-state index is 0.158. The number of halogens is 2. The first-order valence-electron chi connectivity index (χ1n) is 5.07. The third-order valence-corrected chi connectivity index (χ3v) is 2.45. The maximum atomic E-state index is 13.1. The van der Waals surface area contributed by atoms with Gasteiger partial charge in [-0.05, 0) is 30.7 Å². The molecule has 2 nitrogen and oxygen atoms in total. The van der Waals surface area contributed by atoms with Crippen molar-refractivity contribution in [3.8, 4) is 0 Å². The van der Waals surface area contributed by atoms with Crippen molar-refractivity contribution in [3.05, 3.63) is 35.1 Å². The zero-order chi connectivity index (χ0) is 12.3. The quantitative estimate of drug-likeness (QED) is 0.783. The lowest BCUT2D eigenvalue weighted by Gasteiger charge is -2.18. The molecule has 0 aliphatic carbocycles. The third kappa shape index (κ3) is 3.59. The second kappa shape index (κ2) is 5.43. The molecule has 0 bridgehead atoms. The first kappa shape index (κ1) is 13.2. The van der Waals surface area contributed by atoms with Crippen LogP contribution in [-0.2, 0) is 0 Å².